The van der Waals surface area contributed by atoms with Gasteiger partial charge in [0, 0.05) is 11.2 Å². The van der Waals surface area contributed by atoms with Crippen molar-refractivity contribution in [2.75, 3.05) is 32.8 Å². The molecule has 2 aromatic rings. The highest BCUT2D eigenvalue weighted by molar-refractivity contribution is 7.17. The summed E-state index contributed by atoms with van der Waals surface area (Å²) in [5.74, 6) is 0. The van der Waals surface area contributed by atoms with Crippen LogP contribution in [0.4, 0.5) is 0 Å². The Kier molecular flexibility index (Phi) is 8.15. The summed E-state index contributed by atoms with van der Waals surface area (Å²) in [7, 11) is 0. The van der Waals surface area contributed by atoms with Crippen LogP contribution in [0.2, 0.25) is 0 Å². The van der Waals surface area contributed by atoms with E-state index < -0.39 is 0 Å². The highest BCUT2D eigenvalue weighted by Gasteiger charge is 2.02. The largest absolute Gasteiger partial charge is 0.380 e. The van der Waals surface area contributed by atoms with Gasteiger partial charge in [-0.25, -0.2) is 0 Å². The van der Waals surface area contributed by atoms with E-state index in [0.29, 0.717) is 0 Å². The van der Waals surface area contributed by atoms with Gasteiger partial charge in [-0.1, -0.05) is 26.0 Å². The number of hydrogen-bond donors (Lipinski definition) is 0. The first-order chi connectivity index (χ1) is 9.35. The molecule has 1 aromatic carbocycles. The summed E-state index contributed by atoms with van der Waals surface area (Å²) >= 11 is 1.81. The van der Waals surface area contributed by atoms with Gasteiger partial charge in [0.15, 0.2) is 0 Å². The summed E-state index contributed by atoms with van der Waals surface area (Å²) in [6, 6.07) is 8.75. The van der Waals surface area contributed by atoms with Crippen molar-refractivity contribution >= 4 is 33.8 Å². The quantitative estimate of drug-likeness (QED) is 0.676. The average Bonchev–Trinajstić information content (AvgIpc) is 2.92. The second kappa shape index (κ2) is 9.35. The van der Waals surface area contributed by atoms with Crippen LogP contribution in [0.25, 0.3) is 10.1 Å². The van der Waals surface area contributed by atoms with Crippen LogP contribution in [0.15, 0.2) is 29.6 Å². The number of hydrogen-bond acceptors (Lipinski definition) is 3. The molecule has 112 valence electrons. The van der Waals surface area contributed by atoms with Crippen LogP contribution in [-0.2, 0) is 11.2 Å². The van der Waals surface area contributed by atoms with Crippen molar-refractivity contribution in [3.8, 4) is 0 Å². The molecule has 2 nitrogen and oxygen atoms in total. The summed E-state index contributed by atoms with van der Waals surface area (Å²) < 4.78 is 7.13. The van der Waals surface area contributed by atoms with E-state index >= 15 is 0 Å². The minimum Gasteiger partial charge on any atom is -0.380 e. The Morgan fingerprint density at radius 3 is 2.65 bits per heavy atom. The number of halogens is 1. The first-order valence-electron chi connectivity index (χ1n) is 7.10. The van der Waals surface area contributed by atoms with Crippen molar-refractivity contribution in [2.45, 2.75) is 20.3 Å². The molecule has 0 aliphatic carbocycles. The molecule has 0 fully saturated rings. The van der Waals surface area contributed by atoms with E-state index in [1.807, 2.05) is 11.3 Å². The zero-order valence-electron chi connectivity index (χ0n) is 12.3. The maximum atomic E-state index is 5.76. The minimum absolute atomic E-state index is 0. The number of likely N-dealkylation sites (N-methyl/N-ethyl adjacent to an activating group) is 1. The molecule has 0 saturated heterocycles. The zero-order chi connectivity index (χ0) is 13.5. The Bertz CT molecular complexity index is 496. The summed E-state index contributed by atoms with van der Waals surface area (Å²) in [5.41, 5.74) is 1.40. The predicted octanol–water partition coefficient (Wildman–Crippen LogP) is 4.22. The van der Waals surface area contributed by atoms with Crippen molar-refractivity contribution in [1.29, 1.82) is 0 Å². The van der Waals surface area contributed by atoms with Crippen molar-refractivity contribution < 1.29 is 4.74 Å². The molecular weight excluding hydrogens is 290 g/mol. The molecule has 0 atom stereocenters. The van der Waals surface area contributed by atoms with E-state index in [-0.39, 0.29) is 12.4 Å². The fraction of sp³-hybridized carbons (Fsp3) is 0.500. The first-order valence-corrected chi connectivity index (χ1v) is 7.98. The van der Waals surface area contributed by atoms with Crippen LogP contribution in [0.5, 0.6) is 0 Å². The molecule has 1 aromatic heterocycles. The fourth-order valence-electron chi connectivity index (χ4n) is 2.29. The maximum Gasteiger partial charge on any atom is 0.0593 e. The molecule has 0 N–H and O–H groups in total. The van der Waals surface area contributed by atoms with E-state index in [0.717, 1.165) is 39.3 Å². The van der Waals surface area contributed by atoms with Gasteiger partial charge in [-0.05, 0) is 48.0 Å². The molecule has 0 amide bonds. The van der Waals surface area contributed by atoms with E-state index in [4.69, 9.17) is 4.74 Å². The second-order valence-electron chi connectivity index (χ2n) is 4.64. The fourth-order valence-corrected chi connectivity index (χ4v) is 3.13. The topological polar surface area (TPSA) is 12.5 Å². The van der Waals surface area contributed by atoms with Gasteiger partial charge in [-0.15, -0.1) is 23.7 Å². The lowest BCUT2D eigenvalue weighted by atomic mass is 10.1. The number of rotatable bonds is 8. The molecule has 20 heavy (non-hydrogen) atoms. The van der Waals surface area contributed by atoms with E-state index in [1.165, 1.54) is 15.6 Å². The van der Waals surface area contributed by atoms with Crippen LogP contribution in [-0.4, -0.2) is 37.7 Å². The van der Waals surface area contributed by atoms with Gasteiger partial charge in [-0.2, -0.15) is 0 Å². The van der Waals surface area contributed by atoms with Gasteiger partial charge in [0.05, 0.1) is 13.2 Å². The molecule has 1 heterocycles. The lowest BCUT2D eigenvalue weighted by Crippen LogP contribution is -2.27. The molecule has 4 heteroatoms. The number of ether oxygens (including phenoxy) is 1. The Labute approximate surface area is 132 Å². The number of nitrogens with zero attached hydrogens (tertiary/aromatic N) is 1. The first kappa shape index (κ1) is 17.4. The number of fused-ring (bicyclic) bond motifs is 1. The molecule has 0 aliphatic heterocycles. The maximum absolute atomic E-state index is 5.76. The standard InChI is InChI=1S/C16H23NOS.ClH/c1-3-17(4-2)10-12-18-11-8-14-6-5-7-16-15(14)9-13-19-16;/h5-7,9,13H,3-4,8,10-12H2,1-2H3;1H. The van der Waals surface area contributed by atoms with Crippen LogP contribution in [0.1, 0.15) is 19.4 Å². The van der Waals surface area contributed by atoms with Gasteiger partial charge >= 0.3 is 0 Å². The van der Waals surface area contributed by atoms with E-state index in [1.54, 1.807) is 0 Å². The summed E-state index contributed by atoms with van der Waals surface area (Å²) in [6.45, 7) is 9.29. The molecule has 0 radical (unpaired) electrons. The molecular formula is C16H24ClNOS. The molecule has 2 rings (SSSR count). The summed E-state index contributed by atoms with van der Waals surface area (Å²) in [4.78, 5) is 2.39. The Morgan fingerprint density at radius 1 is 1.10 bits per heavy atom. The Balaban J connectivity index is 0.00000200. The van der Waals surface area contributed by atoms with Gasteiger partial charge in [0.1, 0.15) is 0 Å². The summed E-state index contributed by atoms with van der Waals surface area (Å²) in [5, 5.41) is 3.55. The van der Waals surface area contributed by atoms with Gasteiger partial charge in [-0.3, -0.25) is 0 Å². The highest BCUT2D eigenvalue weighted by Crippen LogP contribution is 2.24. The molecule has 0 bridgehead atoms. The SMILES string of the molecule is CCN(CC)CCOCCc1cccc2sccc12.Cl. The van der Waals surface area contributed by atoms with Crippen LogP contribution in [0.3, 0.4) is 0 Å². The predicted molar refractivity (Wildman–Crippen MR) is 91.4 cm³/mol. The number of thiophene rings is 1. The van der Waals surface area contributed by atoms with Gasteiger partial charge < -0.3 is 9.64 Å². The monoisotopic (exact) mass is 313 g/mol. The third-order valence-corrected chi connectivity index (χ3v) is 4.43. The third kappa shape index (κ3) is 4.74. The van der Waals surface area contributed by atoms with Gasteiger partial charge in [0.2, 0.25) is 0 Å². The van der Waals surface area contributed by atoms with Gasteiger partial charge in [0.25, 0.3) is 0 Å². The molecule has 0 spiro atoms. The van der Waals surface area contributed by atoms with Crippen molar-refractivity contribution in [2.24, 2.45) is 0 Å². The van der Waals surface area contributed by atoms with E-state index in [9.17, 15) is 0 Å². The third-order valence-electron chi connectivity index (χ3n) is 3.55. The lowest BCUT2D eigenvalue weighted by molar-refractivity contribution is 0.109. The minimum atomic E-state index is 0. The van der Waals surface area contributed by atoms with Crippen molar-refractivity contribution in [3.63, 3.8) is 0 Å². The van der Waals surface area contributed by atoms with Crippen LogP contribution < -0.4 is 0 Å². The van der Waals surface area contributed by atoms with Crippen LogP contribution >= 0.6 is 23.7 Å². The molecule has 0 saturated carbocycles. The van der Waals surface area contributed by atoms with Crippen molar-refractivity contribution in [3.05, 3.63) is 35.2 Å². The zero-order valence-corrected chi connectivity index (χ0v) is 13.9. The van der Waals surface area contributed by atoms with Crippen molar-refractivity contribution in [1.82, 2.24) is 4.90 Å². The highest BCUT2D eigenvalue weighted by atomic mass is 35.5. The molecule has 0 aliphatic rings. The Morgan fingerprint density at radius 2 is 1.90 bits per heavy atom. The Hall–Kier alpha value is -0.610. The second-order valence-corrected chi connectivity index (χ2v) is 5.59. The van der Waals surface area contributed by atoms with Crippen LogP contribution in [0, 0.1) is 0 Å². The smallest absolute Gasteiger partial charge is 0.0593 e. The lowest BCUT2D eigenvalue weighted by Gasteiger charge is -2.17. The normalized spacial score (nSPS) is 10.9. The molecule has 0 unspecified atom stereocenters. The summed E-state index contributed by atoms with van der Waals surface area (Å²) in [6.07, 6.45) is 1.01. The average molecular weight is 314 g/mol. The number of benzene rings is 1. The van der Waals surface area contributed by atoms with E-state index in [2.05, 4.69) is 48.4 Å².